The predicted octanol–water partition coefficient (Wildman–Crippen LogP) is 0.642. The number of hydrogen-bond acceptors (Lipinski definition) is 6. The van der Waals surface area contributed by atoms with Crippen molar-refractivity contribution in [1.82, 2.24) is 0 Å². The van der Waals surface area contributed by atoms with Crippen LogP contribution < -0.4 is 16.9 Å². The summed E-state index contributed by atoms with van der Waals surface area (Å²) in [4.78, 5) is 9.98. The molecule has 0 aliphatic rings. The van der Waals surface area contributed by atoms with Crippen LogP contribution in [-0.2, 0) is 0 Å². The first-order valence-electron chi connectivity index (χ1n) is 5.16. The number of guanidine groups is 1. The number of nitro groups is 1. The lowest BCUT2D eigenvalue weighted by atomic mass is 10.3. The zero-order valence-corrected chi connectivity index (χ0v) is 10.1. The van der Waals surface area contributed by atoms with Crippen LogP contribution in [0.2, 0.25) is 0 Å². The molecule has 100 valence electrons. The van der Waals surface area contributed by atoms with Gasteiger partial charge in [-0.25, -0.2) is 0 Å². The molecule has 0 amide bonds. The van der Waals surface area contributed by atoms with Crippen LogP contribution in [-0.4, -0.2) is 22.8 Å². The maximum absolute atomic E-state index is 10.4. The van der Waals surface area contributed by atoms with Crippen molar-refractivity contribution in [3.8, 4) is 0 Å². The number of hydrazone groups is 1. The average molecular weight is 263 g/mol. The lowest BCUT2D eigenvalue weighted by molar-refractivity contribution is -0.384. The summed E-state index contributed by atoms with van der Waals surface area (Å²) in [5, 5.41) is 21.4. The van der Waals surface area contributed by atoms with Crippen LogP contribution in [0, 0.1) is 10.1 Å². The van der Waals surface area contributed by atoms with Crippen molar-refractivity contribution in [2.24, 2.45) is 26.8 Å². The van der Waals surface area contributed by atoms with Gasteiger partial charge in [0.15, 0.2) is 0 Å². The summed E-state index contributed by atoms with van der Waals surface area (Å²) in [6.45, 7) is 1.66. The number of hydrogen-bond donors (Lipinski definition) is 3. The summed E-state index contributed by atoms with van der Waals surface area (Å²) in [6.07, 6.45) is 1.41. The molecular weight excluding hydrogens is 250 g/mol. The van der Waals surface area contributed by atoms with Crippen molar-refractivity contribution in [1.29, 1.82) is 0 Å². The van der Waals surface area contributed by atoms with Crippen molar-refractivity contribution >= 4 is 29.3 Å². The molecule has 0 aromatic heterocycles. The molecule has 0 radical (unpaired) electrons. The third-order valence-electron chi connectivity index (χ3n) is 1.85. The van der Waals surface area contributed by atoms with Gasteiger partial charge >= 0.3 is 0 Å². The maximum atomic E-state index is 10.4. The molecule has 0 atom stereocenters. The third-order valence-corrected chi connectivity index (χ3v) is 1.85. The Morgan fingerprint density at radius 2 is 1.95 bits per heavy atom. The Morgan fingerprint density at radius 3 is 2.47 bits per heavy atom. The number of non-ortho nitro benzene ring substituents is 1. The van der Waals surface area contributed by atoms with E-state index >= 15 is 0 Å². The van der Waals surface area contributed by atoms with Crippen LogP contribution in [0.5, 0.6) is 0 Å². The lowest BCUT2D eigenvalue weighted by Gasteiger charge is -1.98. The molecule has 0 fully saturated rings. The van der Waals surface area contributed by atoms with E-state index in [1.807, 2.05) is 0 Å². The second kappa shape index (κ2) is 6.69. The normalized spacial score (nSPS) is 11.3. The van der Waals surface area contributed by atoms with Gasteiger partial charge in [0.1, 0.15) is 0 Å². The molecule has 9 nitrogen and oxygen atoms in total. The molecule has 1 rings (SSSR count). The highest BCUT2D eigenvalue weighted by atomic mass is 16.6. The Kier molecular flexibility index (Phi) is 4.96. The van der Waals surface area contributed by atoms with Crippen molar-refractivity contribution in [2.45, 2.75) is 6.92 Å². The van der Waals surface area contributed by atoms with Crippen molar-refractivity contribution < 1.29 is 4.92 Å². The molecule has 1 aromatic rings. The molecule has 19 heavy (non-hydrogen) atoms. The maximum Gasteiger partial charge on any atom is 0.269 e. The summed E-state index contributed by atoms with van der Waals surface area (Å²) in [5.41, 5.74) is 14.0. The molecule has 0 aliphatic carbocycles. The fourth-order valence-electron chi connectivity index (χ4n) is 1.02. The average Bonchev–Trinajstić information content (AvgIpc) is 2.37. The third kappa shape index (κ3) is 5.26. The van der Waals surface area contributed by atoms with E-state index in [0.29, 0.717) is 11.4 Å². The number of nitrogens with one attached hydrogen (secondary N) is 1. The molecule has 0 heterocycles. The van der Waals surface area contributed by atoms with Crippen molar-refractivity contribution in [3.63, 3.8) is 0 Å². The zero-order chi connectivity index (χ0) is 14.3. The van der Waals surface area contributed by atoms with Crippen LogP contribution >= 0.6 is 0 Å². The number of nitrogens with zero attached hydrogens (tertiary/aromatic N) is 4. The van der Waals surface area contributed by atoms with E-state index in [1.54, 1.807) is 6.92 Å². The van der Waals surface area contributed by atoms with Gasteiger partial charge in [-0.1, -0.05) is 0 Å². The molecular formula is C10H13N7O2. The van der Waals surface area contributed by atoms with Crippen LogP contribution in [0.1, 0.15) is 6.92 Å². The van der Waals surface area contributed by atoms with Gasteiger partial charge in [0, 0.05) is 12.1 Å². The number of benzene rings is 1. The van der Waals surface area contributed by atoms with E-state index in [2.05, 4.69) is 20.7 Å². The minimum absolute atomic E-state index is 0.0139. The molecule has 0 unspecified atom stereocenters. The van der Waals surface area contributed by atoms with Gasteiger partial charge in [-0.3, -0.25) is 15.5 Å². The zero-order valence-electron chi connectivity index (χ0n) is 10.1. The van der Waals surface area contributed by atoms with Crippen molar-refractivity contribution in [2.75, 3.05) is 5.43 Å². The quantitative estimate of drug-likeness (QED) is 0.309. The van der Waals surface area contributed by atoms with Crippen molar-refractivity contribution in [3.05, 3.63) is 34.4 Å². The van der Waals surface area contributed by atoms with Gasteiger partial charge in [-0.05, 0) is 19.1 Å². The first-order chi connectivity index (χ1) is 8.99. The van der Waals surface area contributed by atoms with E-state index in [1.165, 1.54) is 30.5 Å². The first kappa shape index (κ1) is 14.1. The predicted molar refractivity (Wildman–Crippen MR) is 74.1 cm³/mol. The van der Waals surface area contributed by atoms with E-state index in [0.717, 1.165) is 0 Å². The Balaban J connectivity index is 2.59. The molecule has 1 aromatic carbocycles. The molecule has 5 N–H and O–H groups in total. The topological polar surface area (TPSA) is 144 Å². The SMILES string of the molecule is CC(C=NNc1ccc([N+](=O)[O-])cc1)=NN=C(N)N. The molecule has 0 saturated carbocycles. The van der Waals surface area contributed by atoms with Gasteiger partial charge in [-0.2, -0.15) is 10.2 Å². The van der Waals surface area contributed by atoms with Gasteiger partial charge in [0.05, 0.1) is 22.5 Å². The monoisotopic (exact) mass is 263 g/mol. The Hall–Kier alpha value is -2.97. The van der Waals surface area contributed by atoms with Crippen LogP contribution in [0.15, 0.2) is 39.6 Å². The first-order valence-corrected chi connectivity index (χ1v) is 5.16. The highest BCUT2D eigenvalue weighted by Gasteiger charge is 2.02. The number of rotatable bonds is 5. The van der Waals surface area contributed by atoms with E-state index < -0.39 is 4.92 Å². The standard InChI is InChI=1S/C10H13N7O2/c1-7(14-16-10(11)12)6-13-15-8-2-4-9(5-3-8)17(18)19/h2-6,15H,1H3,(H4,11,12,16). The van der Waals surface area contributed by atoms with Crippen LogP contribution in [0.3, 0.4) is 0 Å². The number of nitrogens with two attached hydrogens (primary N) is 2. The smallest absolute Gasteiger partial charge is 0.269 e. The fourth-order valence-corrected chi connectivity index (χ4v) is 1.02. The van der Waals surface area contributed by atoms with E-state index in [9.17, 15) is 10.1 Å². The highest BCUT2D eigenvalue weighted by Crippen LogP contribution is 2.14. The Labute approximate surface area is 108 Å². The van der Waals surface area contributed by atoms with Gasteiger partial charge < -0.3 is 11.5 Å². The fraction of sp³-hybridized carbons (Fsp3) is 0.100. The second-order valence-corrected chi connectivity index (χ2v) is 3.44. The number of anilines is 1. The summed E-state index contributed by atoms with van der Waals surface area (Å²) in [7, 11) is 0. The Morgan fingerprint density at radius 1 is 1.32 bits per heavy atom. The lowest BCUT2D eigenvalue weighted by Crippen LogP contribution is -2.22. The minimum Gasteiger partial charge on any atom is -0.369 e. The molecule has 0 bridgehead atoms. The minimum atomic E-state index is -0.473. The number of nitro benzene ring substituents is 1. The summed E-state index contributed by atoms with van der Waals surface area (Å²) < 4.78 is 0. The molecule has 0 saturated heterocycles. The van der Waals surface area contributed by atoms with Crippen LogP contribution in [0.25, 0.3) is 0 Å². The summed E-state index contributed by atoms with van der Waals surface area (Å²) in [6, 6.07) is 5.83. The molecule has 0 aliphatic heterocycles. The highest BCUT2D eigenvalue weighted by molar-refractivity contribution is 6.29. The second-order valence-electron chi connectivity index (χ2n) is 3.44. The Bertz CT molecular complexity index is 529. The molecule has 9 heteroatoms. The summed E-state index contributed by atoms with van der Waals surface area (Å²) >= 11 is 0. The summed E-state index contributed by atoms with van der Waals surface area (Å²) in [5.74, 6) is -0.143. The van der Waals surface area contributed by atoms with E-state index in [-0.39, 0.29) is 11.6 Å². The van der Waals surface area contributed by atoms with E-state index in [4.69, 9.17) is 11.5 Å². The van der Waals surface area contributed by atoms with Gasteiger partial charge in [0.2, 0.25) is 5.96 Å². The molecule has 0 spiro atoms. The largest absolute Gasteiger partial charge is 0.369 e. The van der Waals surface area contributed by atoms with Crippen LogP contribution in [0.4, 0.5) is 11.4 Å². The van der Waals surface area contributed by atoms with Gasteiger partial charge in [-0.15, -0.1) is 5.10 Å². The van der Waals surface area contributed by atoms with Gasteiger partial charge in [0.25, 0.3) is 5.69 Å².